The second-order valence-corrected chi connectivity index (χ2v) is 7.12. The number of nitrogens with one attached hydrogen (secondary N) is 2. The van der Waals surface area contributed by atoms with Crippen LogP contribution in [-0.4, -0.2) is 51.3 Å². The van der Waals surface area contributed by atoms with Crippen molar-refractivity contribution in [3.05, 3.63) is 47.5 Å². The number of guanidine groups is 1. The topological polar surface area (TPSA) is 70.4 Å². The molecule has 7 heteroatoms. The molecule has 2 heterocycles. The molecular weight excluding hydrogens is 338 g/mol. The molecule has 1 aliphatic heterocycles. The molecule has 1 fully saturated rings. The first kappa shape index (κ1) is 19.4. The SMILES string of the molecule is CCNC(=NCc1ncnn1C)NC1CCN(Cc2ccccc2C)CC1. The first-order chi connectivity index (χ1) is 13.2. The first-order valence-corrected chi connectivity index (χ1v) is 9.80. The van der Waals surface area contributed by atoms with Gasteiger partial charge >= 0.3 is 0 Å². The monoisotopic (exact) mass is 369 g/mol. The molecule has 0 atom stereocenters. The maximum absolute atomic E-state index is 4.67. The summed E-state index contributed by atoms with van der Waals surface area (Å²) in [7, 11) is 1.89. The van der Waals surface area contributed by atoms with Crippen LogP contribution >= 0.6 is 0 Å². The van der Waals surface area contributed by atoms with E-state index in [1.165, 1.54) is 11.1 Å². The minimum absolute atomic E-state index is 0.454. The molecule has 1 saturated heterocycles. The Kier molecular flexibility index (Phi) is 6.81. The normalized spacial score (nSPS) is 16.5. The molecule has 27 heavy (non-hydrogen) atoms. The van der Waals surface area contributed by atoms with Crippen LogP contribution in [0.1, 0.15) is 36.7 Å². The van der Waals surface area contributed by atoms with Gasteiger partial charge in [0.1, 0.15) is 18.7 Å². The van der Waals surface area contributed by atoms with Crippen molar-refractivity contribution in [2.45, 2.75) is 45.8 Å². The van der Waals surface area contributed by atoms with Crippen molar-refractivity contribution in [2.24, 2.45) is 12.0 Å². The summed E-state index contributed by atoms with van der Waals surface area (Å²) in [6.07, 6.45) is 3.82. The van der Waals surface area contributed by atoms with Crippen molar-refractivity contribution >= 4 is 5.96 Å². The molecule has 0 bridgehead atoms. The standard InChI is InChI=1S/C20H31N7/c1-4-21-20(22-13-19-23-15-24-26(19)3)25-18-9-11-27(12-10-18)14-17-8-6-5-7-16(17)2/h5-8,15,18H,4,9-14H2,1-3H3,(H2,21,22,25). The van der Waals surface area contributed by atoms with Crippen molar-refractivity contribution in [1.29, 1.82) is 0 Å². The van der Waals surface area contributed by atoms with Crippen molar-refractivity contribution in [2.75, 3.05) is 19.6 Å². The number of aromatic nitrogens is 3. The smallest absolute Gasteiger partial charge is 0.191 e. The van der Waals surface area contributed by atoms with Crippen molar-refractivity contribution in [1.82, 2.24) is 30.3 Å². The van der Waals surface area contributed by atoms with Crippen LogP contribution in [0.3, 0.4) is 0 Å². The molecule has 0 spiro atoms. The van der Waals surface area contributed by atoms with Gasteiger partial charge in [-0.1, -0.05) is 24.3 Å². The first-order valence-electron chi connectivity index (χ1n) is 9.80. The van der Waals surface area contributed by atoms with Crippen LogP contribution in [-0.2, 0) is 20.1 Å². The summed E-state index contributed by atoms with van der Waals surface area (Å²) < 4.78 is 1.76. The Morgan fingerprint density at radius 1 is 1.26 bits per heavy atom. The lowest BCUT2D eigenvalue weighted by Crippen LogP contribution is -2.48. The van der Waals surface area contributed by atoms with Crippen molar-refractivity contribution in [3.63, 3.8) is 0 Å². The molecule has 146 valence electrons. The molecule has 2 aromatic rings. The summed E-state index contributed by atoms with van der Waals surface area (Å²) in [5, 5.41) is 11.0. The molecule has 0 saturated carbocycles. The summed E-state index contributed by atoms with van der Waals surface area (Å²) in [5.41, 5.74) is 2.81. The van der Waals surface area contributed by atoms with E-state index >= 15 is 0 Å². The van der Waals surface area contributed by atoms with Gasteiger partial charge in [-0.25, -0.2) is 9.98 Å². The third-order valence-corrected chi connectivity index (χ3v) is 5.11. The highest BCUT2D eigenvalue weighted by Crippen LogP contribution is 2.16. The zero-order valence-electron chi connectivity index (χ0n) is 16.6. The Balaban J connectivity index is 1.50. The van der Waals surface area contributed by atoms with E-state index in [2.05, 4.69) is 68.7 Å². The van der Waals surface area contributed by atoms with Gasteiger partial charge in [-0.3, -0.25) is 9.58 Å². The zero-order valence-corrected chi connectivity index (χ0v) is 16.6. The highest BCUT2D eigenvalue weighted by Gasteiger charge is 2.20. The number of benzene rings is 1. The molecule has 1 aromatic heterocycles. The third kappa shape index (κ3) is 5.53. The van der Waals surface area contributed by atoms with Crippen LogP contribution in [0.15, 0.2) is 35.6 Å². The van der Waals surface area contributed by atoms with E-state index in [1.807, 2.05) is 7.05 Å². The summed E-state index contributed by atoms with van der Waals surface area (Å²) in [6.45, 7) is 8.90. The fraction of sp³-hybridized carbons (Fsp3) is 0.550. The maximum atomic E-state index is 4.67. The Morgan fingerprint density at radius 3 is 2.70 bits per heavy atom. The lowest BCUT2D eigenvalue weighted by atomic mass is 10.0. The largest absolute Gasteiger partial charge is 0.357 e. The summed E-state index contributed by atoms with van der Waals surface area (Å²) in [6, 6.07) is 9.13. The quantitative estimate of drug-likeness (QED) is 0.601. The van der Waals surface area contributed by atoms with Gasteiger partial charge in [-0.15, -0.1) is 0 Å². The molecule has 2 N–H and O–H groups in total. The zero-order chi connectivity index (χ0) is 19.1. The molecule has 3 rings (SSSR count). The fourth-order valence-corrected chi connectivity index (χ4v) is 3.39. The van der Waals surface area contributed by atoms with Crippen LogP contribution in [0, 0.1) is 6.92 Å². The van der Waals surface area contributed by atoms with Crippen LogP contribution in [0.2, 0.25) is 0 Å². The van der Waals surface area contributed by atoms with Crippen molar-refractivity contribution in [3.8, 4) is 0 Å². The second kappa shape index (κ2) is 9.50. The summed E-state index contributed by atoms with van der Waals surface area (Å²) in [4.78, 5) is 11.4. The second-order valence-electron chi connectivity index (χ2n) is 7.12. The van der Waals surface area contributed by atoms with Gasteiger partial charge in [0.25, 0.3) is 0 Å². The van der Waals surface area contributed by atoms with Gasteiger partial charge in [0.05, 0.1) is 0 Å². The van der Waals surface area contributed by atoms with E-state index in [4.69, 9.17) is 0 Å². The van der Waals surface area contributed by atoms with Gasteiger partial charge < -0.3 is 10.6 Å². The van der Waals surface area contributed by atoms with Crippen LogP contribution in [0.4, 0.5) is 0 Å². The van der Waals surface area contributed by atoms with Gasteiger partial charge in [0, 0.05) is 39.3 Å². The minimum Gasteiger partial charge on any atom is -0.357 e. The van der Waals surface area contributed by atoms with Gasteiger partial charge in [0.15, 0.2) is 5.96 Å². The number of hydrogen-bond donors (Lipinski definition) is 2. The van der Waals surface area contributed by atoms with E-state index < -0.39 is 0 Å². The number of likely N-dealkylation sites (tertiary alicyclic amines) is 1. The van der Waals surface area contributed by atoms with Crippen LogP contribution in [0.25, 0.3) is 0 Å². The van der Waals surface area contributed by atoms with Crippen molar-refractivity contribution < 1.29 is 0 Å². The maximum Gasteiger partial charge on any atom is 0.191 e. The van der Waals surface area contributed by atoms with E-state index in [0.717, 1.165) is 50.8 Å². The summed E-state index contributed by atoms with van der Waals surface area (Å²) >= 11 is 0. The van der Waals surface area contributed by atoms with Crippen LogP contribution < -0.4 is 10.6 Å². The Morgan fingerprint density at radius 2 is 2.04 bits per heavy atom. The lowest BCUT2D eigenvalue weighted by Gasteiger charge is -2.33. The third-order valence-electron chi connectivity index (χ3n) is 5.11. The fourth-order valence-electron chi connectivity index (χ4n) is 3.39. The van der Waals surface area contributed by atoms with Gasteiger partial charge in [0.2, 0.25) is 0 Å². The summed E-state index contributed by atoms with van der Waals surface area (Å²) in [5.74, 6) is 1.72. The predicted octanol–water partition coefficient (Wildman–Crippen LogP) is 1.84. The Hall–Kier alpha value is -2.41. The lowest BCUT2D eigenvalue weighted by molar-refractivity contribution is 0.198. The average molecular weight is 370 g/mol. The number of aliphatic imine (C=N–C) groups is 1. The molecule has 1 aromatic carbocycles. The van der Waals surface area contributed by atoms with E-state index in [-0.39, 0.29) is 0 Å². The molecule has 1 aliphatic rings. The molecule has 0 amide bonds. The van der Waals surface area contributed by atoms with E-state index in [1.54, 1.807) is 11.0 Å². The number of nitrogens with zero attached hydrogens (tertiary/aromatic N) is 5. The molecule has 0 radical (unpaired) electrons. The predicted molar refractivity (Wildman–Crippen MR) is 108 cm³/mol. The van der Waals surface area contributed by atoms with Gasteiger partial charge in [-0.2, -0.15) is 5.10 Å². The van der Waals surface area contributed by atoms with E-state index in [9.17, 15) is 0 Å². The molecule has 0 aliphatic carbocycles. The Labute approximate surface area is 161 Å². The Bertz CT molecular complexity index is 744. The highest BCUT2D eigenvalue weighted by atomic mass is 15.3. The highest BCUT2D eigenvalue weighted by molar-refractivity contribution is 5.80. The minimum atomic E-state index is 0.454. The molecule has 0 unspecified atom stereocenters. The van der Waals surface area contributed by atoms with Gasteiger partial charge in [-0.05, 0) is 37.8 Å². The average Bonchev–Trinajstić information content (AvgIpc) is 3.08. The number of aryl methyl sites for hydroxylation is 2. The number of piperidine rings is 1. The van der Waals surface area contributed by atoms with Crippen LogP contribution in [0.5, 0.6) is 0 Å². The number of rotatable bonds is 6. The molecule has 7 nitrogen and oxygen atoms in total. The molecular formula is C20H31N7. The number of hydrogen-bond acceptors (Lipinski definition) is 4. The van der Waals surface area contributed by atoms with E-state index in [0.29, 0.717) is 12.6 Å².